The molecule has 0 fully saturated rings. The lowest BCUT2D eigenvalue weighted by Gasteiger charge is -2.01. The lowest BCUT2D eigenvalue weighted by molar-refractivity contribution is -0.107. The largest absolute Gasteiger partial charge is 0.303 e. The molecule has 0 saturated heterocycles. The minimum atomic E-state index is -0.433. The van der Waals surface area contributed by atoms with Crippen LogP contribution in [0.5, 0.6) is 0 Å². The van der Waals surface area contributed by atoms with Gasteiger partial charge in [0.2, 0.25) is 5.78 Å². The molecule has 0 spiro atoms. The summed E-state index contributed by atoms with van der Waals surface area (Å²) in [6, 6.07) is 8.28. The molecule has 76 valence electrons. The Morgan fingerprint density at radius 2 is 2.25 bits per heavy atom. The Morgan fingerprint density at radius 3 is 2.81 bits per heavy atom. The van der Waals surface area contributed by atoms with Crippen LogP contribution in [-0.2, 0) is 11.2 Å². The van der Waals surface area contributed by atoms with E-state index in [0.29, 0.717) is 5.56 Å². The van der Waals surface area contributed by atoms with Crippen LogP contribution in [0.25, 0.3) is 0 Å². The number of Topliss-reactive ketones (excluding diaryl/α,β-unsaturated/α-hetero) is 1. The van der Waals surface area contributed by atoms with Crippen molar-refractivity contribution in [2.45, 2.75) is 6.42 Å². The zero-order valence-corrected chi connectivity index (χ0v) is 8.51. The van der Waals surface area contributed by atoms with Crippen molar-refractivity contribution in [1.82, 2.24) is 0 Å². The average Bonchev–Trinajstić information content (AvgIpc) is 2.31. The van der Waals surface area contributed by atoms with Gasteiger partial charge in [-0.1, -0.05) is 18.2 Å². The standard InChI is InChI=1S/C12H8BNO2/c13-7-11(8-14)12(16)10-3-1-2-9(6-10)4-5-15/h1-3,5-7H,4H2/b11-7+. The molecule has 1 rings (SSSR count). The number of nitriles is 1. The number of hydrogen-bond acceptors (Lipinski definition) is 3. The quantitative estimate of drug-likeness (QED) is 0.246. The van der Waals surface area contributed by atoms with Gasteiger partial charge in [0.05, 0.1) is 5.57 Å². The first-order valence-electron chi connectivity index (χ1n) is 4.62. The molecule has 0 bridgehead atoms. The Balaban J connectivity index is 3.05. The van der Waals surface area contributed by atoms with E-state index in [2.05, 4.69) is 0 Å². The lowest BCUT2D eigenvalue weighted by Crippen LogP contribution is -2.03. The molecule has 0 amide bonds. The van der Waals surface area contributed by atoms with Crippen molar-refractivity contribution < 1.29 is 9.59 Å². The average molecular weight is 209 g/mol. The molecule has 0 aromatic heterocycles. The van der Waals surface area contributed by atoms with Crippen LogP contribution in [0.15, 0.2) is 35.8 Å². The Bertz CT molecular complexity index is 486. The number of carbonyl (C=O) groups is 2. The highest BCUT2D eigenvalue weighted by molar-refractivity contribution is 6.23. The van der Waals surface area contributed by atoms with E-state index in [0.717, 1.165) is 17.8 Å². The molecule has 1 aromatic rings. The molecule has 0 N–H and O–H groups in total. The van der Waals surface area contributed by atoms with Crippen molar-refractivity contribution in [2.75, 3.05) is 0 Å². The van der Waals surface area contributed by atoms with Gasteiger partial charge in [-0.25, -0.2) is 0 Å². The van der Waals surface area contributed by atoms with Gasteiger partial charge in [0.25, 0.3) is 0 Å². The van der Waals surface area contributed by atoms with E-state index in [-0.39, 0.29) is 12.0 Å². The molecule has 0 saturated carbocycles. The number of nitrogens with zero attached hydrogens (tertiary/aromatic N) is 1. The molecule has 0 aliphatic heterocycles. The van der Waals surface area contributed by atoms with Gasteiger partial charge >= 0.3 is 0 Å². The minimum Gasteiger partial charge on any atom is -0.303 e. The Kier molecular flexibility index (Phi) is 4.22. The minimum absolute atomic E-state index is 0.108. The first kappa shape index (κ1) is 11.9. The summed E-state index contributed by atoms with van der Waals surface area (Å²) in [4.78, 5) is 22.0. The van der Waals surface area contributed by atoms with Crippen molar-refractivity contribution in [3.8, 4) is 6.07 Å². The zero-order valence-electron chi connectivity index (χ0n) is 8.51. The summed E-state index contributed by atoms with van der Waals surface area (Å²) in [5.41, 5.74) is 0.982. The SMILES string of the molecule is [B]/C=C(\C#N)C(=O)c1cccc(CC=O)c1. The molecule has 0 aliphatic carbocycles. The van der Waals surface area contributed by atoms with E-state index < -0.39 is 5.78 Å². The predicted molar refractivity (Wildman–Crippen MR) is 60.0 cm³/mol. The number of benzene rings is 1. The third-order valence-electron chi connectivity index (χ3n) is 2.04. The van der Waals surface area contributed by atoms with E-state index in [1.165, 1.54) is 0 Å². The van der Waals surface area contributed by atoms with Crippen molar-refractivity contribution in [3.63, 3.8) is 0 Å². The number of allylic oxidation sites excluding steroid dienone is 1. The van der Waals surface area contributed by atoms with Crippen LogP contribution >= 0.6 is 0 Å². The molecular formula is C12H8BNO2. The fourth-order valence-corrected chi connectivity index (χ4v) is 1.25. The van der Waals surface area contributed by atoms with Crippen molar-refractivity contribution in [3.05, 3.63) is 46.9 Å². The molecule has 2 radical (unpaired) electrons. The summed E-state index contributed by atoms with van der Waals surface area (Å²) in [6.45, 7) is 0. The maximum Gasteiger partial charge on any atom is 0.202 e. The summed E-state index contributed by atoms with van der Waals surface area (Å²) in [5.74, 6) is 0.548. The highest BCUT2D eigenvalue weighted by Crippen LogP contribution is 2.10. The summed E-state index contributed by atoms with van der Waals surface area (Å²) in [6.07, 6.45) is 1.00. The molecule has 3 nitrogen and oxygen atoms in total. The summed E-state index contributed by atoms with van der Waals surface area (Å²) < 4.78 is 0. The van der Waals surface area contributed by atoms with Crippen LogP contribution < -0.4 is 0 Å². The van der Waals surface area contributed by atoms with E-state index in [9.17, 15) is 9.59 Å². The monoisotopic (exact) mass is 209 g/mol. The van der Waals surface area contributed by atoms with Crippen molar-refractivity contribution in [2.24, 2.45) is 0 Å². The topological polar surface area (TPSA) is 57.9 Å². The highest BCUT2D eigenvalue weighted by atomic mass is 16.1. The third-order valence-corrected chi connectivity index (χ3v) is 2.04. The first-order valence-corrected chi connectivity index (χ1v) is 4.62. The summed E-state index contributed by atoms with van der Waals surface area (Å²) >= 11 is 0. The molecule has 0 heterocycles. The smallest absolute Gasteiger partial charge is 0.202 e. The summed E-state index contributed by atoms with van der Waals surface area (Å²) in [7, 11) is 5.16. The number of rotatable bonds is 4. The lowest BCUT2D eigenvalue weighted by atomic mass is 9.96. The second-order valence-corrected chi connectivity index (χ2v) is 3.09. The second-order valence-electron chi connectivity index (χ2n) is 3.09. The highest BCUT2D eigenvalue weighted by Gasteiger charge is 2.10. The van der Waals surface area contributed by atoms with Crippen LogP contribution in [0.3, 0.4) is 0 Å². The van der Waals surface area contributed by atoms with Crippen LogP contribution in [0, 0.1) is 11.3 Å². The molecule has 1 aromatic carbocycles. The molecular weight excluding hydrogens is 201 g/mol. The van der Waals surface area contributed by atoms with Gasteiger partial charge in [0.15, 0.2) is 0 Å². The second kappa shape index (κ2) is 5.67. The van der Waals surface area contributed by atoms with Crippen molar-refractivity contribution in [1.29, 1.82) is 5.26 Å². The van der Waals surface area contributed by atoms with E-state index in [4.69, 9.17) is 13.1 Å². The fourth-order valence-electron chi connectivity index (χ4n) is 1.25. The van der Waals surface area contributed by atoms with Gasteiger partial charge in [0, 0.05) is 12.0 Å². The van der Waals surface area contributed by atoms with Gasteiger partial charge in [0.1, 0.15) is 20.2 Å². The maximum atomic E-state index is 11.7. The normalized spacial score (nSPS) is 10.6. The molecule has 16 heavy (non-hydrogen) atoms. The number of ketones is 1. The van der Waals surface area contributed by atoms with Gasteiger partial charge in [-0.3, -0.25) is 4.79 Å². The van der Waals surface area contributed by atoms with Crippen LogP contribution in [0.1, 0.15) is 15.9 Å². The van der Waals surface area contributed by atoms with Crippen LogP contribution in [-0.4, -0.2) is 19.9 Å². The Labute approximate surface area is 94.8 Å². The van der Waals surface area contributed by atoms with Crippen molar-refractivity contribution >= 4 is 19.9 Å². The van der Waals surface area contributed by atoms with Crippen LogP contribution in [0.2, 0.25) is 0 Å². The predicted octanol–water partition coefficient (Wildman–Crippen LogP) is 1.19. The van der Waals surface area contributed by atoms with Gasteiger partial charge in [-0.05, 0) is 11.6 Å². The van der Waals surface area contributed by atoms with Crippen LogP contribution in [0.4, 0.5) is 0 Å². The molecule has 4 heteroatoms. The van der Waals surface area contributed by atoms with Gasteiger partial charge in [-0.2, -0.15) is 5.26 Å². The maximum absolute atomic E-state index is 11.7. The Hall–Kier alpha value is -2.15. The number of aldehydes is 1. The van der Waals surface area contributed by atoms with E-state index in [1.54, 1.807) is 30.3 Å². The fraction of sp³-hybridized carbons (Fsp3) is 0.0833. The summed E-state index contributed by atoms with van der Waals surface area (Å²) in [5, 5.41) is 8.66. The van der Waals surface area contributed by atoms with Gasteiger partial charge in [-0.15, -0.1) is 5.98 Å². The number of carbonyl (C=O) groups excluding carboxylic acids is 2. The third kappa shape index (κ3) is 2.67. The van der Waals surface area contributed by atoms with Gasteiger partial charge < -0.3 is 4.79 Å². The molecule has 0 unspecified atom stereocenters. The Morgan fingerprint density at radius 1 is 1.50 bits per heavy atom. The first-order chi connectivity index (χ1) is 7.72. The molecule has 0 atom stereocenters. The van der Waals surface area contributed by atoms with E-state index in [1.807, 2.05) is 0 Å². The number of hydrogen-bond donors (Lipinski definition) is 0. The molecule has 0 aliphatic rings. The van der Waals surface area contributed by atoms with E-state index >= 15 is 0 Å². The zero-order chi connectivity index (χ0) is 12.0.